The highest BCUT2D eigenvalue weighted by Crippen LogP contribution is 2.27. The van der Waals surface area contributed by atoms with Crippen LogP contribution in [-0.2, 0) is 11.2 Å². The van der Waals surface area contributed by atoms with Gasteiger partial charge in [-0.25, -0.2) is 0 Å². The SMILES string of the molecule is OC1CNc2ccc(N3CCOCC3)cc2C1. The maximum absolute atomic E-state index is 9.66. The maximum Gasteiger partial charge on any atom is 0.0753 e. The molecule has 1 fully saturated rings. The summed E-state index contributed by atoms with van der Waals surface area (Å²) in [5, 5.41) is 12.9. The molecule has 3 rings (SSSR count). The first kappa shape index (κ1) is 10.9. The summed E-state index contributed by atoms with van der Waals surface area (Å²) < 4.78 is 5.36. The molecule has 2 aliphatic heterocycles. The lowest BCUT2D eigenvalue weighted by molar-refractivity contribution is 0.122. The molecule has 1 atom stereocenters. The molecule has 0 radical (unpaired) electrons. The van der Waals surface area contributed by atoms with Gasteiger partial charge in [0.2, 0.25) is 0 Å². The van der Waals surface area contributed by atoms with Gasteiger partial charge in [-0.3, -0.25) is 0 Å². The lowest BCUT2D eigenvalue weighted by Crippen LogP contribution is -2.36. The Morgan fingerprint density at radius 2 is 2.12 bits per heavy atom. The van der Waals surface area contributed by atoms with Crippen molar-refractivity contribution in [2.75, 3.05) is 43.1 Å². The highest BCUT2D eigenvalue weighted by molar-refractivity contribution is 5.62. The number of aliphatic hydroxyl groups excluding tert-OH is 1. The Morgan fingerprint density at radius 3 is 2.94 bits per heavy atom. The summed E-state index contributed by atoms with van der Waals surface area (Å²) in [6.45, 7) is 4.17. The van der Waals surface area contributed by atoms with Gasteiger partial charge in [-0.1, -0.05) is 0 Å². The molecule has 2 N–H and O–H groups in total. The molecule has 2 aliphatic rings. The van der Waals surface area contributed by atoms with Crippen LogP contribution in [0.4, 0.5) is 11.4 Å². The number of nitrogens with zero attached hydrogens (tertiary/aromatic N) is 1. The predicted octanol–water partition coefficient (Wildman–Crippen LogP) is 0.852. The van der Waals surface area contributed by atoms with Gasteiger partial charge in [0.05, 0.1) is 19.3 Å². The van der Waals surface area contributed by atoms with E-state index in [2.05, 4.69) is 28.4 Å². The van der Waals surface area contributed by atoms with Crippen LogP contribution in [0.15, 0.2) is 18.2 Å². The third-order valence-corrected chi connectivity index (χ3v) is 3.45. The van der Waals surface area contributed by atoms with Crippen molar-refractivity contribution in [1.29, 1.82) is 0 Å². The van der Waals surface area contributed by atoms with Gasteiger partial charge in [-0.05, 0) is 23.8 Å². The van der Waals surface area contributed by atoms with Crippen molar-refractivity contribution in [2.24, 2.45) is 0 Å². The Bertz CT molecular complexity index is 402. The molecule has 4 nitrogen and oxygen atoms in total. The highest BCUT2D eigenvalue weighted by Gasteiger charge is 2.18. The third kappa shape index (κ3) is 2.23. The topological polar surface area (TPSA) is 44.7 Å². The molecule has 0 aromatic heterocycles. The second-order valence-corrected chi connectivity index (χ2v) is 4.68. The van der Waals surface area contributed by atoms with E-state index in [-0.39, 0.29) is 6.10 Å². The van der Waals surface area contributed by atoms with Crippen LogP contribution in [-0.4, -0.2) is 44.1 Å². The fraction of sp³-hybridized carbons (Fsp3) is 0.538. The first-order chi connectivity index (χ1) is 8.33. The van der Waals surface area contributed by atoms with Crippen molar-refractivity contribution in [2.45, 2.75) is 12.5 Å². The molecule has 0 amide bonds. The summed E-state index contributed by atoms with van der Waals surface area (Å²) in [6.07, 6.45) is 0.489. The van der Waals surface area contributed by atoms with Crippen LogP contribution in [0.2, 0.25) is 0 Å². The van der Waals surface area contributed by atoms with E-state index in [0.717, 1.165) is 38.4 Å². The Kier molecular flexibility index (Phi) is 2.91. The summed E-state index contributed by atoms with van der Waals surface area (Å²) in [7, 11) is 0. The van der Waals surface area contributed by atoms with Gasteiger partial charge >= 0.3 is 0 Å². The zero-order valence-corrected chi connectivity index (χ0v) is 9.85. The lowest BCUT2D eigenvalue weighted by atomic mass is 10.0. The van der Waals surface area contributed by atoms with Crippen molar-refractivity contribution in [1.82, 2.24) is 0 Å². The summed E-state index contributed by atoms with van der Waals surface area (Å²) >= 11 is 0. The normalized spacial score (nSPS) is 24.1. The summed E-state index contributed by atoms with van der Waals surface area (Å²) in [6, 6.07) is 6.46. The first-order valence-electron chi connectivity index (χ1n) is 6.20. The van der Waals surface area contributed by atoms with Crippen molar-refractivity contribution >= 4 is 11.4 Å². The molecule has 1 aromatic carbocycles. The van der Waals surface area contributed by atoms with Gasteiger partial charge in [0.15, 0.2) is 0 Å². The molecular weight excluding hydrogens is 216 g/mol. The van der Waals surface area contributed by atoms with Crippen LogP contribution in [0.5, 0.6) is 0 Å². The molecule has 1 saturated heterocycles. The van der Waals surface area contributed by atoms with Gasteiger partial charge < -0.3 is 20.1 Å². The fourth-order valence-electron chi connectivity index (χ4n) is 2.49. The van der Waals surface area contributed by atoms with E-state index in [4.69, 9.17) is 4.74 Å². The van der Waals surface area contributed by atoms with Crippen LogP contribution in [0.3, 0.4) is 0 Å². The van der Waals surface area contributed by atoms with Crippen molar-refractivity contribution < 1.29 is 9.84 Å². The van der Waals surface area contributed by atoms with E-state index in [9.17, 15) is 5.11 Å². The number of hydrogen-bond donors (Lipinski definition) is 2. The smallest absolute Gasteiger partial charge is 0.0753 e. The Balaban J connectivity index is 1.84. The molecule has 4 heteroatoms. The average Bonchev–Trinajstić information content (AvgIpc) is 2.39. The maximum atomic E-state index is 9.66. The van der Waals surface area contributed by atoms with E-state index in [1.165, 1.54) is 11.3 Å². The zero-order chi connectivity index (χ0) is 11.7. The van der Waals surface area contributed by atoms with Gasteiger partial charge in [0, 0.05) is 37.4 Å². The van der Waals surface area contributed by atoms with Crippen molar-refractivity contribution in [3.63, 3.8) is 0 Å². The second-order valence-electron chi connectivity index (χ2n) is 4.68. The number of rotatable bonds is 1. The minimum atomic E-state index is -0.262. The summed E-state index contributed by atoms with van der Waals surface area (Å²) in [4.78, 5) is 2.34. The van der Waals surface area contributed by atoms with Gasteiger partial charge in [0.1, 0.15) is 0 Å². The minimum Gasteiger partial charge on any atom is -0.391 e. The number of benzene rings is 1. The quantitative estimate of drug-likeness (QED) is 0.756. The number of fused-ring (bicyclic) bond motifs is 1. The minimum absolute atomic E-state index is 0.262. The molecule has 2 heterocycles. The summed E-state index contributed by atoms with van der Waals surface area (Å²) in [5.41, 5.74) is 3.61. The van der Waals surface area contributed by atoms with E-state index in [0.29, 0.717) is 6.54 Å². The number of hydrogen-bond acceptors (Lipinski definition) is 4. The molecule has 0 saturated carbocycles. The van der Waals surface area contributed by atoms with Crippen molar-refractivity contribution in [3.05, 3.63) is 23.8 Å². The van der Waals surface area contributed by atoms with Crippen LogP contribution in [0.1, 0.15) is 5.56 Å². The number of β-amino-alcohol motifs (C(OH)–C–C–N with tert-alkyl or cyclic N) is 1. The van der Waals surface area contributed by atoms with E-state index in [1.54, 1.807) is 0 Å². The molecule has 0 aliphatic carbocycles. The van der Waals surface area contributed by atoms with Crippen LogP contribution in [0, 0.1) is 0 Å². The zero-order valence-electron chi connectivity index (χ0n) is 9.85. The number of nitrogens with one attached hydrogen (secondary N) is 1. The van der Waals surface area contributed by atoms with Crippen molar-refractivity contribution in [3.8, 4) is 0 Å². The monoisotopic (exact) mass is 234 g/mol. The fourth-order valence-corrected chi connectivity index (χ4v) is 2.49. The lowest BCUT2D eigenvalue weighted by Gasteiger charge is -2.30. The number of aliphatic hydroxyl groups is 1. The van der Waals surface area contributed by atoms with Crippen LogP contribution < -0.4 is 10.2 Å². The Hall–Kier alpha value is -1.26. The van der Waals surface area contributed by atoms with Gasteiger partial charge in [-0.2, -0.15) is 0 Å². The Morgan fingerprint density at radius 1 is 1.29 bits per heavy atom. The van der Waals surface area contributed by atoms with E-state index >= 15 is 0 Å². The third-order valence-electron chi connectivity index (χ3n) is 3.45. The molecule has 1 aromatic rings. The van der Waals surface area contributed by atoms with E-state index < -0.39 is 0 Å². The molecular formula is C13H18N2O2. The van der Waals surface area contributed by atoms with Crippen LogP contribution in [0.25, 0.3) is 0 Å². The van der Waals surface area contributed by atoms with Crippen LogP contribution >= 0.6 is 0 Å². The van der Waals surface area contributed by atoms with E-state index in [1.807, 2.05) is 0 Å². The number of ether oxygens (including phenoxy) is 1. The molecule has 0 bridgehead atoms. The Labute approximate surface area is 101 Å². The van der Waals surface area contributed by atoms with Gasteiger partial charge in [0.25, 0.3) is 0 Å². The average molecular weight is 234 g/mol. The first-order valence-corrected chi connectivity index (χ1v) is 6.20. The molecule has 92 valence electrons. The standard InChI is InChI=1S/C13H18N2O2/c16-12-8-10-7-11(1-2-13(10)14-9-12)15-3-5-17-6-4-15/h1-2,7,12,14,16H,3-6,8-9H2. The number of morpholine rings is 1. The second kappa shape index (κ2) is 4.55. The summed E-state index contributed by atoms with van der Waals surface area (Å²) in [5.74, 6) is 0. The number of anilines is 2. The predicted molar refractivity (Wildman–Crippen MR) is 67.7 cm³/mol. The van der Waals surface area contributed by atoms with Gasteiger partial charge in [-0.15, -0.1) is 0 Å². The molecule has 0 spiro atoms. The molecule has 17 heavy (non-hydrogen) atoms. The highest BCUT2D eigenvalue weighted by atomic mass is 16.5. The molecule has 1 unspecified atom stereocenters. The largest absolute Gasteiger partial charge is 0.391 e.